The third-order valence-corrected chi connectivity index (χ3v) is 7.46. The first-order chi connectivity index (χ1) is 18.2. The minimum Gasteiger partial charge on any atom is -0.368 e. The van der Waals surface area contributed by atoms with Crippen LogP contribution in [0.4, 0.5) is 24.5 Å². The normalized spacial score (nSPS) is 16.7. The molecule has 0 unspecified atom stereocenters. The Hall–Kier alpha value is -3.88. The van der Waals surface area contributed by atoms with Gasteiger partial charge in [-0.25, -0.2) is 0 Å². The van der Waals surface area contributed by atoms with Crippen molar-refractivity contribution < 1.29 is 22.8 Å². The molecule has 0 aliphatic carbocycles. The van der Waals surface area contributed by atoms with E-state index in [1.165, 1.54) is 12.1 Å². The fraction of sp³-hybridized carbons (Fsp3) is 0.345. The highest BCUT2D eigenvalue weighted by Crippen LogP contribution is 2.32. The second-order valence-electron chi connectivity index (χ2n) is 9.96. The lowest BCUT2D eigenvalue weighted by atomic mass is 9.89. The van der Waals surface area contributed by atoms with Gasteiger partial charge < -0.3 is 15.1 Å². The van der Waals surface area contributed by atoms with Crippen LogP contribution in [-0.4, -0.2) is 47.9 Å². The van der Waals surface area contributed by atoms with Crippen LogP contribution in [0.2, 0.25) is 0 Å². The molecule has 0 radical (unpaired) electrons. The maximum atomic E-state index is 12.8. The fourth-order valence-corrected chi connectivity index (χ4v) is 5.13. The van der Waals surface area contributed by atoms with Crippen LogP contribution in [0.15, 0.2) is 66.9 Å². The molecule has 3 aromatic rings. The first-order valence-electron chi connectivity index (χ1n) is 12.7. The van der Waals surface area contributed by atoms with Gasteiger partial charge in [0.1, 0.15) is 0 Å². The Balaban J connectivity index is 1.10. The molecule has 9 heteroatoms. The smallest absolute Gasteiger partial charge is 0.368 e. The Bertz CT molecular complexity index is 1290. The lowest BCUT2D eigenvalue weighted by molar-refractivity contribution is -0.137. The number of likely N-dealkylation sites (tertiary alicyclic amines) is 1. The number of aromatic nitrogens is 1. The molecule has 2 fully saturated rings. The number of pyridine rings is 1. The van der Waals surface area contributed by atoms with E-state index in [0.717, 1.165) is 47.6 Å². The average Bonchev–Trinajstić information content (AvgIpc) is 2.89. The topological polar surface area (TPSA) is 65.5 Å². The zero-order chi connectivity index (χ0) is 26.9. The summed E-state index contributed by atoms with van der Waals surface area (Å²) in [6.45, 7) is 4.38. The summed E-state index contributed by atoms with van der Waals surface area (Å²) in [7, 11) is 0. The Morgan fingerprint density at radius 3 is 2.21 bits per heavy atom. The van der Waals surface area contributed by atoms with Crippen molar-refractivity contribution in [1.82, 2.24) is 9.88 Å². The lowest BCUT2D eigenvalue weighted by Crippen LogP contribution is -2.52. The number of rotatable bonds is 5. The van der Waals surface area contributed by atoms with Crippen LogP contribution < -0.4 is 10.2 Å². The molecule has 198 valence electrons. The number of aryl methyl sites for hydroxylation is 1. The van der Waals surface area contributed by atoms with Crippen molar-refractivity contribution in [1.29, 1.82) is 0 Å². The molecule has 1 aromatic heterocycles. The molecule has 0 bridgehead atoms. The van der Waals surface area contributed by atoms with Crippen molar-refractivity contribution in [2.24, 2.45) is 5.92 Å². The molecule has 0 atom stereocenters. The summed E-state index contributed by atoms with van der Waals surface area (Å²) in [5, 5.41) is 3.01. The van der Waals surface area contributed by atoms with Gasteiger partial charge in [0.25, 0.3) is 5.91 Å². The van der Waals surface area contributed by atoms with Gasteiger partial charge in [-0.05, 0) is 79.8 Å². The van der Waals surface area contributed by atoms with Crippen LogP contribution in [0.25, 0.3) is 0 Å². The summed E-state index contributed by atoms with van der Waals surface area (Å²) in [5.74, 6) is -0.0331. The number of piperidine rings is 1. The molecule has 2 aliphatic heterocycles. The SMILES string of the molecule is Cc1ncccc1N1CC(C(=O)Nc2ccc(C3CCN(C(=O)c4ccc(C(F)(F)F)cc4)CC3)cc2)C1. The number of amides is 2. The lowest BCUT2D eigenvalue weighted by Gasteiger charge is -2.40. The van der Waals surface area contributed by atoms with Crippen LogP contribution in [0.1, 0.15) is 45.9 Å². The van der Waals surface area contributed by atoms with Crippen LogP contribution in [-0.2, 0) is 11.0 Å². The molecule has 6 nitrogen and oxygen atoms in total. The van der Waals surface area contributed by atoms with E-state index in [1.807, 2.05) is 43.3 Å². The molecular formula is C29H29F3N4O2. The van der Waals surface area contributed by atoms with Gasteiger partial charge in [0.05, 0.1) is 22.9 Å². The van der Waals surface area contributed by atoms with Crippen molar-refractivity contribution in [2.75, 3.05) is 36.4 Å². The van der Waals surface area contributed by atoms with E-state index in [9.17, 15) is 22.8 Å². The predicted octanol–water partition coefficient (Wildman–Crippen LogP) is 5.50. The molecule has 2 aromatic carbocycles. The summed E-state index contributed by atoms with van der Waals surface area (Å²) < 4.78 is 38.4. The van der Waals surface area contributed by atoms with E-state index >= 15 is 0 Å². The summed E-state index contributed by atoms with van der Waals surface area (Å²) in [6, 6.07) is 16.1. The summed E-state index contributed by atoms with van der Waals surface area (Å²) in [6.07, 6.45) is -1.12. The molecule has 38 heavy (non-hydrogen) atoms. The highest BCUT2D eigenvalue weighted by molar-refractivity contribution is 5.95. The van der Waals surface area contributed by atoms with Gasteiger partial charge in [0.15, 0.2) is 0 Å². The zero-order valence-electron chi connectivity index (χ0n) is 21.0. The zero-order valence-corrected chi connectivity index (χ0v) is 21.0. The van der Waals surface area contributed by atoms with E-state index in [1.54, 1.807) is 11.1 Å². The van der Waals surface area contributed by atoms with Crippen molar-refractivity contribution in [3.63, 3.8) is 0 Å². The number of hydrogen-bond donors (Lipinski definition) is 1. The highest BCUT2D eigenvalue weighted by Gasteiger charge is 2.34. The first kappa shape index (κ1) is 25.8. The average molecular weight is 523 g/mol. The van der Waals surface area contributed by atoms with Crippen LogP contribution in [0, 0.1) is 12.8 Å². The number of carbonyl (C=O) groups is 2. The minimum atomic E-state index is -4.42. The highest BCUT2D eigenvalue weighted by atomic mass is 19.4. The van der Waals surface area contributed by atoms with Crippen molar-refractivity contribution in [3.05, 3.63) is 89.2 Å². The number of nitrogens with zero attached hydrogens (tertiary/aromatic N) is 3. The Morgan fingerprint density at radius 2 is 1.61 bits per heavy atom. The molecule has 2 saturated heterocycles. The maximum Gasteiger partial charge on any atom is 0.416 e. The van der Waals surface area contributed by atoms with Crippen LogP contribution >= 0.6 is 0 Å². The third-order valence-electron chi connectivity index (χ3n) is 7.46. The molecule has 0 saturated carbocycles. The summed E-state index contributed by atoms with van der Waals surface area (Å²) in [4.78, 5) is 33.6. The predicted molar refractivity (Wildman–Crippen MR) is 139 cm³/mol. The Kier molecular flexibility index (Phi) is 7.10. The molecule has 1 N–H and O–H groups in total. The quantitative estimate of drug-likeness (QED) is 0.481. The molecule has 2 aliphatic rings. The Morgan fingerprint density at radius 1 is 0.947 bits per heavy atom. The minimum absolute atomic E-state index is 0.00521. The fourth-order valence-electron chi connectivity index (χ4n) is 5.13. The third kappa shape index (κ3) is 5.51. The van der Waals surface area contributed by atoms with Gasteiger partial charge in [-0.3, -0.25) is 14.6 Å². The first-order valence-corrected chi connectivity index (χ1v) is 12.7. The summed E-state index contributed by atoms with van der Waals surface area (Å²) in [5.41, 5.74) is 3.42. The van der Waals surface area contributed by atoms with Gasteiger partial charge in [-0.1, -0.05) is 12.1 Å². The largest absolute Gasteiger partial charge is 0.416 e. The molecule has 5 rings (SSSR count). The van der Waals surface area contributed by atoms with Crippen molar-refractivity contribution >= 4 is 23.2 Å². The van der Waals surface area contributed by atoms with E-state index in [4.69, 9.17) is 0 Å². The van der Waals surface area contributed by atoms with Crippen LogP contribution in [0.3, 0.4) is 0 Å². The molecule has 0 spiro atoms. The van der Waals surface area contributed by atoms with E-state index in [0.29, 0.717) is 26.2 Å². The second kappa shape index (κ2) is 10.5. The number of halogens is 3. The van der Waals surface area contributed by atoms with Crippen LogP contribution in [0.5, 0.6) is 0 Å². The summed E-state index contributed by atoms with van der Waals surface area (Å²) >= 11 is 0. The number of benzene rings is 2. The molecule has 2 amide bonds. The second-order valence-corrected chi connectivity index (χ2v) is 9.96. The monoisotopic (exact) mass is 522 g/mol. The standard InChI is InChI=1S/C29H29F3N4O2/c1-19-26(3-2-14-33-19)36-17-23(18-36)27(37)34-25-10-6-20(7-11-25)21-12-15-35(16-13-21)28(38)22-4-8-24(9-5-22)29(30,31)32/h2-11,14,21,23H,12-13,15-18H2,1H3,(H,34,37). The van der Waals surface area contributed by atoms with Gasteiger partial charge >= 0.3 is 6.18 Å². The number of hydrogen-bond acceptors (Lipinski definition) is 4. The van der Waals surface area contributed by atoms with Crippen molar-refractivity contribution in [3.8, 4) is 0 Å². The van der Waals surface area contributed by atoms with E-state index in [2.05, 4.69) is 15.2 Å². The number of anilines is 2. The molecule has 3 heterocycles. The number of alkyl halides is 3. The number of nitrogens with one attached hydrogen (secondary N) is 1. The van der Waals surface area contributed by atoms with Gasteiger partial charge in [-0.15, -0.1) is 0 Å². The van der Waals surface area contributed by atoms with Gasteiger partial charge in [0, 0.05) is 43.6 Å². The van der Waals surface area contributed by atoms with Gasteiger partial charge in [-0.2, -0.15) is 13.2 Å². The number of carbonyl (C=O) groups excluding carboxylic acids is 2. The Labute approximate surface area is 219 Å². The van der Waals surface area contributed by atoms with Crippen molar-refractivity contribution in [2.45, 2.75) is 31.9 Å². The van der Waals surface area contributed by atoms with E-state index < -0.39 is 11.7 Å². The van der Waals surface area contributed by atoms with Gasteiger partial charge in [0.2, 0.25) is 5.91 Å². The maximum absolute atomic E-state index is 12.8. The van der Waals surface area contributed by atoms with E-state index in [-0.39, 0.29) is 29.2 Å². The molecular weight excluding hydrogens is 493 g/mol.